The highest BCUT2D eigenvalue weighted by Gasteiger charge is 2.15. The van der Waals surface area contributed by atoms with Crippen molar-refractivity contribution >= 4 is 23.7 Å². The zero-order valence-corrected chi connectivity index (χ0v) is 7.91. The smallest absolute Gasteiger partial charge is 0.144 e. The molecule has 0 aliphatic rings. The summed E-state index contributed by atoms with van der Waals surface area (Å²) in [4.78, 5) is 21.6. The molecule has 0 saturated carbocycles. The van der Waals surface area contributed by atoms with Crippen LogP contribution in [0.15, 0.2) is 24.3 Å². The number of ketones is 1. The quantitative estimate of drug-likeness (QED) is 0.549. The number of hydrogen-bond donors (Lipinski definition) is 0. The average Bonchev–Trinajstić information content (AvgIpc) is 2.04. The van der Waals surface area contributed by atoms with Crippen LogP contribution in [0, 0.1) is 0 Å². The van der Waals surface area contributed by atoms with Crippen LogP contribution in [-0.2, 0) is 9.59 Å². The van der Waals surface area contributed by atoms with E-state index in [1.807, 2.05) is 0 Å². The lowest BCUT2D eigenvalue weighted by molar-refractivity contribution is -0.122. The van der Waals surface area contributed by atoms with Gasteiger partial charge in [-0.25, -0.2) is 0 Å². The van der Waals surface area contributed by atoms with Crippen LogP contribution in [-0.4, -0.2) is 12.1 Å². The molecule has 0 amide bonds. The number of rotatable bonds is 3. The Balaban J connectivity index is 3.04. The zero-order chi connectivity index (χ0) is 9.84. The summed E-state index contributed by atoms with van der Waals surface area (Å²) in [5, 5.41) is 0.533. The summed E-state index contributed by atoms with van der Waals surface area (Å²) in [7, 11) is 0. The molecule has 0 heterocycles. The molecule has 0 fully saturated rings. The summed E-state index contributed by atoms with van der Waals surface area (Å²) in [6.45, 7) is 1.39. The van der Waals surface area contributed by atoms with Gasteiger partial charge < -0.3 is 4.79 Å². The first-order chi connectivity index (χ1) is 6.15. The fraction of sp³-hybridized carbons (Fsp3) is 0.200. The van der Waals surface area contributed by atoms with Gasteiger partial charge >= 0.3 is 0 Å². The fourth-order valence-corrected chi connectivity index (χ4v) is 1.31. The summed E-state index contributed by atoms with van der Waals surface area (Å²) >= 11 is 5.72. The Bertz CT molecular complexity index is 333. The van der Waals surface area contributed by atoms with Crippen LogP contribution in [0.5, 0.6) is 0 Å². The predicted molar refractivity (Wildman–Crippen MR) is 50.9 cm³/mol. The van der Waals surface area contributed by atoms with E-state index in [0.717, 1.165) is 0 Å². The SMILES string of the molecule is CC(=O)C(C=O)c1cccc(Cl)c1. The van der Waals surface area contributed by atoms with Crippen molar-refractivity contribution in [3.63, 3.8) is 0 Å². The first-order valence-corrected chi connectivity index (χ1v) is 4.24. The Labute approximate surface area is 81.5 Å². The highest BCUT2D eigenvalue weighted by Crippen LogP contribution is 2.18. The highest BCUT2D eigenvalue weighted by atomic mass is 35.5. The van der Waals surface area contributed by atoms with Gasteiger partial charge in [0.25, 0.3) is 0 Å². The summed E-state index contributed by atoms with van der Waals surface area (Å²) in [5.74, 6) is -0.851. The van der Waals surface area contributed by atoms with Crippen LogP contribution < -0.4 is 0 Å². The van der Waals surface area contributed by atoms with Crippen molar-refractivity contribution in [3.8, 4) is 0 Å². The van der Waals surface area contributed by atoms with Crippen LogP contribution in [0.3, 0.4) is 0 Å². The lowest BCUT2D eigenvalue weighted by atomic mass is 9.97. The highest BCUT2D eigenvalue weighted by molar-refractivity contribution is 6.30. The fourth-order valence-electron chi connectivity index (χ4n) is 1.11. The largest absolute Gasteiger partial charge is 0.302 e. The van der Waals surface area contributed by atoms with Crippen molar-refractivity contribution in [2.75, 3.05) is 0 Å². The van der Waals surface area contributed by atoms with Gasteiger partial charge in [0.05, 0.1) is 5.92 Å². The van der Waals surface area contributed by atoms with E-state index in [1.54, 1.807) is 24.3 Å². The van der Waals surface area contributed by atoms with Gasteiger partial charge in [0, 0.05) is 5.02 Å². The molecule has 0 aliphatic carbocycles. The van der Waals surface area contributed by atoms with Crippen LogP contribution in [0.4, 0.5) is 0 Å². The summed E-state index contributed by atoms with van der Waals surface area (Å²) < 4.78 is 0. The third-order valence-corrected chi connectivity index (χ3v) is 2.02. The third kappa shape index (κ3) is 2.39. The molecule has 2 nitrogen and oxygen atoms in total. The first kappa shape index (κ1) is 9.93. The van der Waals surface area contributed by atoms with Gasteiger partial charge in [-0.05, 0) is 24.6 Å². The lowest BCUT2D eigenvalue weighted by Crippen LogP contribution is -2.09. The van der Waals surface area contributed by atoms with Crippen LogP contribution in [0.25, 0.3) is 0 Å². The Kier molecular flexibility index (Phi) is 3.20. The van der Waals surface area contributed by atoms with E-state index >= 15 is 0 Å². The second-order valence-corrected chi connectivity index (χ2v) is 3.22. The van der Waals surface area contributed by atoms with E-state index in [4.69, 9.17) is 11.6 Å². The number of halogens is 1. The van der Waals surface area contributed by atoms with E-state index in [2.05, 4.69) is 0 Å². The Morgan fingerprint density at radius 1 is 1.54 bits per heavy atom. The molecule has 68 valence electrons. The predicted octanol–water partition coefficient (Wildman–Crippen LogP) is 2.21. The molecule has 13 heavy (non-hydrogen) atoms. The van der Waals surface area contributed by atoms with Gasteiger partial charge in [-0.15, -0.1) is 0 Å². The third-order valence-electron chi connectivity index (χ3n) is 1.78. The van der Waals surface area contributed by atoms with E-state index in [0.29, 0.717) is 16.9 Å². The van der Waals surface area contributed by atoms with Crippen LogP contribution >= 0.6 is 11.6 Å². The summed E-state index contributed by atoms with van der Waals surface area (Å²) in [6, 6.07) is 6.76. The van der Waals surface area contributed by atoms with Gasteiger partial charge in [-0.2, -0.15) is 0 Å². The number of aldehydes is 1. The maximum atomic E-state index is 11.0. The van der Waals surface area contributed by atoms with Gasteiger partial charge in [-0.3, -0.25) is 4.79 Å². The molecule has 1 unspecified atom stereocenters. The van der Waals surface area contributed by atoms with E-state index < -0.39 is 5.92 Å². The Hall–Kier alpha value is -1.15. The maximum Gasteiger partial charge on any atom is 0.144 e. The van der Waals surface area contributed by atoms with Crippen molar-refractivity contribution in [1.29, 1.82) is 0 Å². The van der Waals surface area contributed by atoms with Crippen LogP contribution in [0.1, 0.15) is 18.4 Å². The lowest BCUT2D eigenvalue weighted by Gasteiger charge is -2.05. The molecule has 0 N–H and O–H groups in total. The van der Waals surface area contributed by atoms with Crippen molar-refractivity contribution in [2.45, 2.75) is 12.8 Å². The van der Waals surface area contributed by atoms with E-state index in [9.17, 15) is 9.59 Å². The molecule has 1 rings (SSSR count). The molecule has 1 aromatic carbocycles. The topological polar surface area (TPSA) is 34.1 Å². The Morgan fingerprint density at radius 3 is 2.69 bits per heavy atom. The molecule has 0 radical (unpaired) electrons. The Morgan fingerprint density at radius 2 is 2.23 bits per heavy atom. The van der Waals surface area contributed by atoms with Gasteiger partial charge in [0.2, 0.25) is 0 Å². The minimum absolute atomic E-state index is 0.169. The summed E-state index contributed by atoms with van der Waals surface area (Å²) in [6.07, 6.45) is 0.633. The van der Waals surface area contributed by atoms with Crippen molar-refractivity contribution in [3.05, 3.63) is 34.9 Å². The summed E-state index contributed by atoms with van der Waals surface area (Å²) in [5.41, 5.74) is 0.648. The van der Waals surface area contributed by atoms with Crippen molar-refractivity contribution < 1.29 is 9.59 Å². The van der Waals surface area contributed by atoms with E-state index in [1.165, 1.54) is 6.92 Å². The number of carbonyl (C=O) groups is 2. The molecule has 3 heteroatoms. The molecule has 0 spiro atoms. The monoisotopic (exact) mass is 196 g/mol. The molecule has 0 saturated heterocycles. The number of hydrogen-bond acceptors (Lipinski definition) is 2. The van der Waals surface area contributed by atoms with Crippen LogP contribution in [0.2, 0.25) is 5.02 Å². The average molecular weight is 197 g/mol. The van der Waals surface area contributed by atoms with Gasteiger partial charge in [0.1, 0.15) is 12.1 Å². The number of carbonyl (C=O) groups excluding carboxylic acids is 2. The molecular weight excluding hydrogens is 188 g/mol. The normalized spacial score (nSPS) is 12.2. The maximum absolute atomic E-state index is 11.0. The van der Waals surface area contributed by atoms with Gasteiger partial charge in [0.15, 0.2) is 0 Å². The molecule has 1 aromatic rings. The number of benzene rings is 1. The standard InChI is InChI=1S/C10H9ClO2/c1-7(13)10(6-12)8-3-2-4-9(11)5-8/h2-6,10H,1H3. The minimum Gasteiger partial charge on any atom is -0.302 e. The molecule has 0 aromatic heterocycles. The molecule has 0 bridgehead atoms. The van der Waals surface area contributed by atoms with Crippen molar-refractivity contribution in [2.24, 2.45) is 0 Å². The second kappa shape index (κ2) is 4.19. The zero-order valence-electron chi connectivity index (χ0n) is 7.16. The minimum atomic E-state index is -0.682. The first-order valence-electron chi connectivity index (χ1n) is 3.86. The molecule has 1 atom stereocenters. The van der Waals surface area contributed by atoms with E-state index in [-0.39, 0.29) is 5.78 Å². The molecular formula is C10H9ClO2. The van der Waals surface area contributed by atoms with Gasteiger partial charge in [-0.1, -0.05) is 23.7 Å². The number of Topliss-reactive ketones (excluding diaryl/α,β-unsaturated/α-hetero) is 1. The van der Waals surface area contributed by atoms with Crippen molar-refractivity contribution in [1.82, 2.24) is 0 Å². The molecule has 0 aliphatic heterocycles. The second-order valence-electron chi connectivity index (χ2n) is 2.78.